The summed E-state index contributed by atoms with van der Waals surface area (Å²) in [7, 11) is 3.89. The minimum atomic E-state index is -0.905. The Bertz CT molecular complexity index is 350. The number of rotatable bonds is 3. The largest absolute Gasteiger partial charge is 0.478 e. The van der Waals surface area contributed by atoms with E-state index >= 15 is 0 Å². The average Bonchev–Trinajstić information content (AvgIpc) is 2.07. The molecule has 4 heteroatoms. The fourth-order valence-electron chi connectivity index (χ4n) is 1.21. The minimum Gasteiger partial charge on any atom is -0.478 e. The average molecular weight is 258 g/mol. The molecule has 0 amide bonds. The van der Waals surface area contributed by atoms with Crippen LogP contribution >= 0.6 is 15.9 Å². The molecule has 0 unspecified atom stereocenters. The smallest absolute Gasteiger partial charge is 0.336 e. The van der Waals surface area contributed by atoms with E-state index in [-0.39, 0.29) is 0 Å². The monoisotopic (exact) mass is 257 g/mol. The first-order valence-electron chi connectivity index (χ1n) is 4.17. The molecule has 0 radical (unpaired) electrons. The molecule has 0 bridgehead atoms. The van der Waals surface area contributed by atoms with Gasteiger partial charge in [0.15, 0.2) is 0 Å². The van der Waals surface area contributed by atoms with Gasteiger partial charge < -0.3 is 10.0 Å². The molecule has 0 aliphatic rings. The highest BCUT2D eigenvalue weighted by Gasteiger charge is 2.11. The van der Waals surface area contributed by atoms with Gasteiger partial charge in [0.25, 0.3) is 0 Å². The predicted molar refractivity (Wildman–Crippen MR) is 58.5 cm³/mol. The molecule has 0 aromatic heterocycles. The summed E-state index contributed by atoms with van der Waals surface area (Å²) < 4.78 is 0.668. The molecule has 1 rings (SSSR count). The highest BCUT2D eigenvalue weighted by atomic mass is 79.9. The number of benzene rings is 1. The molecule has 0 heterocycles. The van der Waals surface area contributed by atoms with Gasteiger partial charge in [-0.15, -0.1) is 0 Å². The topological polar surface area (TPSA) is 40.5 Å². The fourth-order valence-corrected chi connectivity index (χ4v) is 1.77. The Morgan fingerprint density at radius 3 is 2.64 bits per heavy atom. The maximum absolute atomic E-state index is 10.8. The number of carboxylic acids is 1. The summed E-state index contributed by atoms with van der Waals surface area (Å²) in [5.74, 6) is -0.905. The Kier molecular flexibility index (Phi) is 3.66. The number of nitrogens with zero attached hydrogens (tertiary/aromatic N) is 1. The second-order valence-corrected chi connectivity index (χ2v) is 4.11. The summed E-state index contributed by atoms with van der Waals surface area (Å²) in [6.07, 6.45) is 0. The summed E-state index contributed by atoms with van der Waals surface area (Å²) in [6, 6.07) is 5.26. The Labute approximate surface area is 91.5 Å². The van der Waals surface area contributed by atoms with Crippen LogP contribution in [0.2, 0.25) is 0 Å². The zero-order valence-electron chi connectivity index (χ0n) is 8.12. The third-order valence-corrected chi connectivity index (χ3v) is 2.73. The zero-order valence-corrected chi connectivity index (χ0v) is 9.71. The number of hydrogen-bond acceptors (Lipinski definition) is 2. The number of carbonyl (C=O) groups is 1. The lowest BCUT2D eigenvalue weighted by atomic mass is 10.1. The van der Waals surface area contributed by atoms with E-state index in [0.29, 0.717) is 10.0 Å². The molecule has 0 spiro atoms. The maximum atomic E-state index is 10.8. The molecule has 0 fully saturated rings. The fraction of sp³-hybridized carbons (Fsp3) is 0.300. The van der Waals surface area contributed by atoms with Crippen molar-refractivity contribution < 1.29 is 9.90 Å². The number of carboxylic acid groups (broad SMARTS) is 1. The van der Waals surface area contributed by atoms with Crippen molar-refractivity contribution in [3.63, 3.8) is 0 Å². The molecule has 1 aromatic rings. The molecule has 0 aliphatic carbocycles. The van der Waals surface area contributed by atoms with E-state index in [1.165, 1.54) is 0 Å². The van der Waals surface area contributed by atoms with Crippen molar-refractivity contribution in [1.82, 2.24) is 4.90 Å². The van der Waals surface area contributed by atoms with Gasteiger partial charge in [-0.05, 0) is 41.7 Å². The van der Waals surface area contributed by atoms with Crippen LogP contribution in [0.4, 0.5) is 0 Å². The van der Waals surface area contributed by atoms with Crippen LogP contribution in [0, 0.1) is 0 Å². The maximum Gasteiger partial charge on any atom is 0.336 e. The molecule has 0 aliphatic heterocycles. The Morgan fingerprint density at radius 2 is 2.14 bits per heavy atom. The molecule has 76 valence electrons. The molecule has 0 saturated carbocycles. The van der Waals surface area contributed by atoms with E-state index in [2.05, 4.69) is 15.9 Å². The van der Waals surface area contributed by atoms with Crippen LogP contribution in [-0.4, -0.2) is 30.1 Å². The number of aromatic carboxylic acids is 1. The SMILES string of the molecule is CN(C)Cc1cccc(C(=O)O)c1Br. The van der Waals surface area contributed by atoms with Crippen LogP contribution in [0.15, 0.2) is 22.7 Å². The third-order valence-electron chi connectivity index (χ3n) is 1.80. The minimum absolute atomic E-state index is 0.310. The molecule has 1 N–H and O–H groups in total. The standard InChI is InChI=1S/C10H12BrNO2/c1-12(2)6-7-4-3-5-8(9(7)11)10(13)14/h3-5H,6H2,1-2H3,(H,13,14). The summed E-state index contributed by atoms with van der Waals surface area (Å²) in [6.45, 7) is 0.724. The molecule has 3 nitrogen and oxygen atoms in total. The summed E-state index contributed by atoms with van der Waals surface area (Å²) in [5, 5.41) is 8.88. The van der Waals surface area contributed by atoms with Crippen molar-refractivity contribution >= 4 is 21.9 Å². The normalized spacial score (nSPS) is 10.6. The summed E-state index contributed by atoms with van der Waals surface area (Å²) in [5.41, 5.74) is 1.29. The Morgan fingerprint density at radius 1 is 1.50 bits per heavy atom. The summed E-state index contributed by atoms with van der Waals surface area (Å²) >= 11 is 3.30. The van der Waals surface area contributed by atoms with E-state index in [1.54, 1.807) is 12.1 Å². The van der Waals surface area contributed by atoms with Crippen molar-refractivity contribution in [3.05, 3.63) is 33.8 Å². The van der Waals surface area contributed by atoms with Crippen molar-refractivity contribution in [2.24, 2.45) is 0 Å². The number of hydrogen-bond donors (Lipinski definition) is 1. The molecule has 1 aromatic carbocycles. The van der Waals surface area contributed by atoms with Crippen molar-refractivity contribution in [2.75, 3.05) is 14.1 Å². The van der Waals surface area contributed by atoms with Gasteiger partial charge in [0, 0.05) is 11.0 Å². The third kappa shape index (κ3) is 2.56. The predicted octanol–water partition coefficient (Wildman–Crippen LogP) is 2.21. The van der Waals surface area contributed by atoms with Gasteiger partial charge in [0.2, 0.25) is 0 Å². The van der Waals surface area contributed by atoms with Gasteiger partial charge in [-0.25, -0.2) is 4.79 Å². The van der Waals surface area contributed by atoms with Gasteiger partial charge in [-0.1, -0.05) is 12.1 Å². The van der Waals surface area contributed by atoms with Crippen LogP contribution in [0.3, 0.4) is 0 Å². The van der Waals surface area contributed by atoms with Crippen LogP contribution in [0.1, 0.15) is 15.9 Å². The molecule has 0 saturated heterocycles. The van der Waals surface area contributed by atoms with Gasteiger partial charge in [0.05, 0.1) is 5.56 Å². The molecule has 0 atom stereocenters. The Hall–Kier alpha value is -0.870. The van der Waals surface area contributed by atoms with Crippen molar-refractivity contribution in [3.8, 4) is 0 Å². The Balaban J connectivity index is 3.07. The van der Waals surface area contributed by atoms with Crippen molar-refractivity contribution in [2.45, 2.75) is 6.54 Å². The van der Waals surface area contributed by atoms with E-state index < -0.39 is 5.97 Å². The van der Waals surface area contributed by atoms with E-state index in [0.717, 1.165) is 12.1 Å². The van der Waals surface area contributed by atoms with Crippen LogP contribution < -0.4 is 0 Å². The molecular formula is C10H12BrNO2. The lowest BCUT2D eigenvalue weighted by Gasteiger charge is -2.12. The molecule has 14 heavy (non-hydrogen) atoms. The van der Waals surface area contributed by atoms with Crippen LogP contribution in [0.5, 0.6) is 0 Å². The highest BCUT2D eigenvalue weighted by molar-refractivity contribution is 9.10. The first-order chi connectivity index (χ1) is 6.52. The quantitative estimate of drug-likeness (QED) is 0.903. The second kappa shape index (κ2) is 4.57. The van der Waals surface area contributed by atoms with Gasteiger partial charge in [-0.3, -0.25) is 0 Å². The first-order valence-corrected chi connectivity index (χ1v) is 4.97. The highest BCUT2D eigenvalue weighted by Crippen LogP contribution is 2.22. The lowest BCUT2D eigenvalue weighted by molar-refractivity contribution is 0.0695. The molecular weight excluding hydrogens is 246 g/mol. The summed E-state index contributed by atoms with van der Waals surface area (Å²) in [4.78, 5) is 12.8. The van der Waals surface area contributed by atoms with Crippen LogP contribution in [0.25, 0.3) is 0 Å². The van der Waals surface area contributed by atoms with Crippen LogP contribution in [-0.2, 0) is 6.54 Å². The van der Waals surface area contributed by atoms with Gasteiger partial charge in [0.1, 0.15) is 0 Å². The lowest BCUT2D eigenvalue weighted by Crippen LogP contribution is -2.12. The van der Waals surface area contributed by atoms with Crippen molar-refractivity contribution in [1.29, 1.82) is 0 Å². The first kappa shape index (κ1) is 11.2. The van der Waals surface area contributed by atoms with Gasteiger partial charge >= 0.3 is 5.97 Å². The number of halogens is 1. The van der Waals surface area contributed by atoms with E-state index in [4.69, 9.17) is 5.11 Å². The van der Waals surface area contributed by atoms with E-state index in [1.807, 2.05) is 25.1 Å². The second-order valence-electron chi connectivity index (χ2n) is 3.32. The zero-order chi connectivity index (χ0) is 10.7. The van der Waals surface area contributed by atoms with Gasteiger partial charge in [-0.2, -0.15) is 0 Å². The van der Waals surface area contributed by atoms with E-state index in [9.17, 15) is 4.79 Å².